The molecule has 2 rings (SSSR count). The van der Waals surface area contributed by atoms with Crippen LogP contribution in [0.25, 0.3) is 0 Å². The molecule has 1 saturated carbocycles. The molecule has 5 nitrogen and oxygen atoms in total. The van der Waals surface area contributed by atoms with Gasteiger partial charge in [-0.05, 0) is 52.0 Å². The second-order valence-corrected chi connectivity index (χ2v) is 5.50. The van der Waals surface area contributed by atoms with Crippen LogP contribution in [0.2, 0.25) is 0 Å². The van der Waals surface area contributed by atoms with Gasteiger partial charge in [-0.1, -0.05) is 0 Å². The number of aryl methyl sites for hydroxylation is 1. The van der Waals surface area contributed by atoms with Crippen LogP contribution in [-0.2, 0) is 11.8 Å². The fourth-order valence-electron chi connectivity index (χ4n) is 2.73. The van der Waals surface area contributed by atoms with Gasteiger partial charge in [0.2, 0.25) is 0 Å². The predicted molar refractivity (Wildman–Crippen MR) is 74.8 cm³/mol. The van der Waals surface area contributed by atoms with Gasteiger partial charge in [0.05, 0.1) is 12.1 Å². The van der Waals surface area contributed by atoms with Crippen LogP contribution in [0.15, 0.2) is 6.33 Å². The quantitative estimate of drug-likeness (QED) is 0.856. The second kappa shape index (κ2) is 7.01. The Bertz CT molecular complexity index is 371. The molecular weight excluding hydrogens is 240 g/mol. The molecule has 0 radical (unpaired) electrons. The van der Waals surface area contributed by atoms with E-state index in [9.17, 15) is 0 Å². The zero-order valence-electron chi connectivity index (χ0n) is 12.3. The summed E-state index contributed by atoms with van der Waals surface area (Å²) in [6.45, 7) is 6.10. The standard InChI is InChI=1S/C14H26N4O/c1-4-19-13-7-5-12(6-8-13)9-15-11(2)14-16-10-18(3)17-14/h10-13,15H,4-9H2,1-3H3/t11-,12?,13?/m0/s1. The summed E-state index contributed by atoms with van der Waals surface area (Å²) >= 11 is 0. The third kappa shape index (κ3) is 4.28. The van der Waals surface area contributed by atoms with Crippen molar-refractivity contribution in [2.45, 2.75) is 51.7 Å². The zero-order valence-corrected chi connectivity index (χ0v) is 12.3. The summed E-state index contributed by atoms with van der Waals surface area (Å²) in [5, 5.41) is 7.88. The van der Waals surface area contributed by atoms with Crippen molar-refractivity contribution >= 4 is 0 Å². The highest BCUT2D eigenvalue weighted by atomic mass is 16.5. The summed E-state index contributed by atoms with van der Waals surface area (Å²) in [6, 6.07) is 0.228. The van der Waals surface area contributed by atoms with Crippen molar-refractivity contribution in [1.82, 2.24) is 20.1 Å². The fourth-order valence-corrected chi connectivity index (χ4v) is 2.73. The third-order valence-electron chi connectivity index (χ3n) is 3.91. The zero-order chi connectivity index (χ0) is 13.7. The van der Waals surface area contributed by atoms with E-state index in [-0.39, 0.29) is 6.04 Å². The number of nitrogens with zero attached hydrogens (tertiary/aromatic N) is 3. The van der Waals surface area contributed by atoms with Gasteiger partial charge in [0.25, 0.3) is 0 Å². The monoisotopic (exact) mass is 266 g/mol. The fraction of sp³-hybridized carbons (Fsp3) is 0.857. The second-order valence-electron chi connectivity index (χ2n) is 5.50. The first-order valence-electron chi connectivity index (χ1n) is 7.39. The molecule has 1 atom stereocenters. The van der Waals surface area contributed by atoms with Crippen molar-refractivity contribution in [2.24, 2.45) is 13.0 Å². The first-order chi connectivity index (χ1) is 9.19. The molecule has 0 saturated heterocycles. The Morgan fingerprint density at radius 3 is 2.74 bits per heavy atom. The van der Waals surface area contributed by atoms with Crippen molar-refractivity contribution in [3.8, 4) is 0 Å². The lowest BCUT2D eigenvalue weighted by atomic mass is 9.87. The summed E-state index contributed by atoms with van der Waals surface area (Å²) in [4.78, 5) is 4.29. The number of hydrogen-bond donors (Lipinski definition) is 1. The minimum absolute atomic E-state index is 0.228. The third-order valence-corrected chi connectivity index (χ3v) is 3.91. The molecule has 0 aliphatic heterocycles. The Labute approximate surface area is 115 Å². The molecule has 19 heavy (non-hydrogen) atoms. The average Bonchev–Trinajstić information content (AvgIpc) is 2.85. The lowest BCUT2D eigenvalue weighted by Gasteiger charge is -2.29. The Morgan fingerprint density at radius 1 is 1.42 bits per heavy atom. The Balaban J connectivity index is 1.69. The molecule has 0 amide bonds. The van der Waals surface area contributed by atoms with Gasteiger partial charge in [-0.15, -0.1) is 0 Å². The number of rotatable bonds is 6. The Hall–Kier alpha value is -0.940. The van der Waals surface area contributed by atoms with Crippen molar-refractivity contribution in [1.29, 1.82) is 0 Å². The molecule has 1 N–H and O–H groups in total. The molecule has 0 bridgehead atoms. The van der Waals surface area contributed by atoms with E-state index in [2.05, 4.69) is 29.2 Å². The van der Waals surface area contributed by atoms with Gasteiger partial charge in [0, 0.05) is 13.7 Å². The molecule has 1 fully saturated rings. The van der Waals surface area contributed by atoms with Crippen LogP contribution in [-0.4, -0.2) is 34.0 Å². The van der Waals surface area contributed by atoms with Gasteiger partial charge in [0.1, 0.15) is 6.33 Å². The SMILES string of the molecule is CCOC1CCC(CN[C@@H](C)c2ncn(C)n2)CC1. The molecule has 1 aliphatic carbocycles. The predicted octanol–water partition coefficient (Wildman–Crippen LogP) is 2.06. The normalized spacial score (nSPS) is 25.4. The molecule has 108 valence electrons. The van der Waals surface area contributed by atoms with E-state index in [0.29, 0.717) is 6.10 Å². The van der Waals surface area contributed by atoms with Crippen molar-refractivity contribution in [2.75, 3.05) is 13.2 Å². The maximum Gasteiger partial charge on any atom is 0.167 e. The lowest BCUT2D eigenvalue weighted by Crippen LogP contribution is -2.31. The number of nitrogens with one attached hydrogen (secondary N) is 1. The highest BCUT2D eigenvalue weighted by Gasteiger charge is 2.22. The maximum atomic E-state index is 5.69. The number of ether oxygens (including phenoxy) is 1. The molecule has 1 heterocycles. The van der Waals surface area contributed by atoms with Gasteiger partial charge in [-0.25, -0.2) is 4.98 Å². The van der Waals surface area contributed by atoms with Crippen LogP contribution in [0.1, 0.15) is 51.4 Å². The molecule has 0 aromatic carbocycles. The van der Waals surface area contributed by atoms with Crippen molar-refractivity contribution in [3.05, 3.63) is 12.2 Å². The summed E-state index contributed by atoms with van der Waals surface area (Å²) in [6.07, 6.45) is 7.18. The van der Waals surface area contributed by atoms with Gasteiger partial charge in [-0.3, -0.25) is 4.68 Å². The lowest BCUT2D eigenvalue weighted by molar-refractivity contribution is 0.0255. The van der Waals surface area contributed by atoms with E-state index in [4.69, 9.17) is 4.74 Å². The van der Waals surface area contributed by atoms with E-state index in [1.165, 1.54) is 25.7 Å². The van der Waals surface area contributed by atoms with E-state index >= 15 is 0 Å². The van der Waals surface area contributed by atoms with Crippen LogP contribution >= 0.6 is 0 Å². The van der Waals surface area contributed by atoms with E-state index in [0.717, 1.165) is 24.9 Å². The van der Waals surface area contributed by atoms with E-state index in [1.54, 1.807) is 11.0 Å². The van der Waals surface area contributed by atoms with Gasteiger partial charge in [0.15, 0.2) is 5.82 Å². The van der Waals surface area contributed by atoms with Gasteiger partial charge >= 0.3 is 0 Å². The molecular formula is C14H26N4O. The molecule has 1 aromatic heterocycles. The highest BCUT2D eigenvalue weighted by Crippen LogP contribution is 2.26. The van der Waals surface area contributed by atoms with Crippen LogP contribution in [0, 0.1) is 5.92 Å². The molecule has 1 aliphatic rings. The Morgan fingerprint density at radius 2 is 2.16 bits per heavy atom. The summed E-state index contributed by atoms with van der Waals surface area (Å²) in [5.41, 5.74) is 0. The summed E-state index contributed by atoms with van der Waals surface area (Å²) in [7, 11) is 1.90. The number of hydrogen-bond acceptors (Lipinski definition) is 4. The molecule has 5 heteroatoms. The van der Waals surface area contributed by atoms with E-state index in [1.807, 2.05) is 7.05 Å². The largest absolute Gasteiger partial charge is 0.379 e. The summed E-state index contributed by atoms with van der Waals surface area (Å²) < 4.78 is 7.44. The Kier molecular flexibility index (Phi) is 5.34. The van der Waals surface area contributed by atoms with Crippen LogP contribution in [0.4, 0.5) is 0 Å². The minimum Gasteiger partial charge on any atom is -0.379 e. The van der Waals surface area contributed by atoms with E-state index < -0.39 is 0 Å². The van der Waals surface area contributed by atoms with Crippen LogP contribution in [0.3, 0.4) is 0 Å². The van der Waals surface area contributed by atoms with Crippen molar-refractivity contribution < 1.29 is 4.74 Å². The molecule has 0 spiro atoms. The number of aromatic nitrogens is 3. The first-order valence-corrected chi connectivity index (χ1v) is 7.39. The smallest absolute Gasteiger partial charge is 0.167 e. The van der Waals surface area contributed by atoms with Crippen molar-refractivity contribution in [3.63, 3.8) is 0 Å². The topological polar surface area (TPSA) is 52.0 Å². The minimum atomic E-state index is 0.228. The summed E-state index contributed by atoms with van der Waals surface area (Å²) in [5.74, 6) is 1.65. The highest BCUT2D eigenvalue weighted by molar-refractivity contribution is 4.90. The van der Waals surface area contributed by atoms with Crippen LogP contribution < -0.4 is 5.32 Å². The molecule has 1 aromatic rings. The first kappa shape index (κ1) is 14.5. The average molecular weight is 266 g/mol. The molecule has 0 unspecified atom stereocenters. The van der Waals surface area contributed by atoms with Crippen LogP contribution in [0.5, 0.6) is 0 Å². The van der Waals surface area contributed by atoms with Gasteiger partial charge < -0.3 is 10.1 Å². The van der Waals surface area contributed by atoms with Gasteiger partial charge in [-0.2, -0.15) is 5.10 Å². The maximum absolute atomic E-state index is 5.69.